The number of morpholine rings is 1. The van der Waals surface area contributed by atoms with Crippen LogP contribution in [0.25, 0.3) is 0 Å². The summed E-state index contributed by atoms with van der Waals surface area (Å²) in [5, 5.41) is 5.33. The van der Waals surface area contributed by atoms with E-state index in [2.05, 4.69) is 10.3 Å². The van der Waals surface area contributed by atoms with E-state index in [1.54, 1.807) is 12.1 Å². The van der Waals surface area contributed by atoms with Crippen molar-refractivity contribution in [3.8, 4) is 0 Å². The molecular formula is C16H18FN3O2S. The van der Waals surface area contributed by atoms with Crippen LogP contribution in [0.5, 0.6) is 0 Å². The van der Waals surface area contributed by atoms with Crippen molar-refractivity contribution in [2.24, 2.45) is 0 Å². The largest absolute Gasteiger partial charge is 0.371 e. The average Bonchev–Trinajstić information content (AvgIpc) is 2.93. The first kappa shape index (κ1) is 16.0. The van der Waals surface area contributed by atoms with Gasteiger partial charge in [0.2, 0.25) is 5.91 Å². The molecule has 1 aromatic carbocycles. The number of carbonyl (C=O) groups is 1. The molecule has 1 aromatic heterocycles. The van der Waals surface area contributed by atoms with E-state index in [-0.39, 0.29) is 17.8 Å². The molecule has 0 saturated carbocycles. The smallest absolute Gasteiger partial charge is 0.240 e. The molecule has 7 heteroatoms. The maximum atomic E-state index is 13.0. The second-order valence-electron chi connectivity index (χ2n) is 5.49. The average molecular weight is 335 g/mol. The number of hydrogen-bond donors (Lipinski definition) is 1. The third-order valence-electron chi connectivity index (χ3n) is 3.62. The fraction of sp³-hybridized carbons (Fsp3) is 0.375. The molecule has 2 aromatic rings. The minimum Gasteiger partial charge on any atom is -0.371 e. The second-order valence-corrected chi connectivity index (χ2v) is 6.35. The number of nitrogens with one attached hydrogen (secondary N) is 1. The highest BCUT2D eigenvalue weighted by Crippen LogP contribution is 2.22. The van der Waals surface area contributed by atoms with Crippen LogP contribution in [0.3, 0.4) is 0 Å². The summed E-state index contributed by atoms with van der Waals surface area (Å²) < 4.78 is 18.7. The summed E-state index contributed by atoms with van der Waals surface area (Å²) >= 11 is 1.42. The van der Waals surface area contributed by atoms with Crippen molar-refractivity contribution < 1.29 is 13.9 Å². The van der Waals surface area contributed by atoms with Crippen molar-refractivity contribution in [2.45, 2.75) is 13.0 Å². The van der Waals surface area contributed by atoms with Crippen LogP contribution in [-0.2, 0) is 9.53 Å². The molecule has 1 N–H and O–H groups in total. The van der Waals surface area contributed by atoms with Gasteiger partial charge in [-0.15, -0.1) is 11.3 Å². The van der Waals surface area contributed by atoms with Crippen LogP contribution >= 0.6 is 11.3 Å². The molecule has 1 aliphatic heterocycles. The number of nitrogens with zero attached hydrogens (tertiary/aromatic N) is 2. The molecule has 1 fully saturated rings. The van der Waals surface area contributed by atoms with E-state index in [1.165, 1.54) is 23.5 Å². The van der Waals surface area contributed by atoms with E-state index < -0.39 is 0 Å². The predicted molar refractivity (Wildman–Crippen MR) is 87.0 cm³/mol. The third-order valence-corrected chi connectivity index (χ3v) is 4.50. The van der Waals surface area contributed by atoms with Gasteiger partial charge < -0.3 is 10.1 Å². The lowest BCUT2D eigenvalue weighted by Gasteiger charge is -2.32. The molecule has 3 rings (SSSR count). The summed E-state index contributed by atoms with van der Waals surface area (Å²) in [6.07, 6.45) is -0.140. The Morgan fingerprint density at radius 1 is 1.48 bits per heavy atom. The number of ether oxygens (including phenoxy) is 1. The van der Waals surface area contributed by atoms with Crippen molar-refractivity contribution in [1.29, 1.82) is 0 Å². The molecule has 1 aliphatic rings. The van der Waals surface area contributed by atoms with Crippen molar-refractivity contribution in [3.05, 3.63) is 46.7 Å². The first-order valence-electron chi connectivity index (χ1n) is 7.41. The van der Waals surface area contributed by atoms with Crippen LogP contribution in [-0.4, -0.2) is 42.0 Å². The highest BCUT2D eigenvalue weighted by molar-refractivity contribution is 7.13. The number of amides is 1. The summed E-state index contributed by atoms with van der Waals surface area (Å²) in [7, 11) is 0. The van der Waals surface area contributed by atoms with Crippen LogP contribution < -0.4 is 5.32 Å². The maximum Gasteiger partial charge on any atom is 0.240 e. The van der Waals surface area contributed by atoms with E-state index in [0.717, 1.165) is 11.3 Å². The Hall–Kier alpha value is -1.83. The topological polar surface area (TPSA) is 54.5 Å². The van der Waals surface area contributed by atoms with Gasteiger partial charge in [0.15, 0.2) is 5.13 Å². The van der Waals surface area contributed by atoms with Crippen molar-refractivity contribution in [1.82, 2.24) is 9.88 Å². The Labute approximate surface area is 138 Å². The number of benzene rings is 1. The summed E-state index contributed by atoms with van der Waals surface area (Å²) in [5.41, 5.74) is 1.82. The van der Waals surface area contributed by atoms with Crippen molar-refractivity contribution >= 4 is 22.4 Å². The van der Waals surface area contributed by atoms with Gasteiger partial charge in [0.25, 0.3) is 0 Å². The number of anilines is 1. The molecule has 1 saturated heterocycles. The minimum atomic E-state index is -0.264. The van der Waals surface area contributed by atoms with E-state index >= 15 is 0 Å². The number of aryl methyl sites for hydroxylation is 1. The Bertz CT molecular complexity index is 674. The quantitative estimate of drug-likeness (QED) is 0.933. The molecule has 0 radical (unpaired) electrons. The Kier molecular flexibility index (Phi) is 5.00. The third kappa shape index (κ3) is 4.34. The zero-order chi connectivity index (χ0) is 16.2. The summed E-state index contributed by atoms with van der Waals surface area (Å²) in [6.45, 7) is 4.03. The van der Waals surface area contributed by atoms with Gasteiger partial charge in [0, 0.05) is 18.5 Å². The molecule has 122 valence electrons. The molecule has 0 bridgehead atoms. The van der Waals surface area contributed by atoms with Crippen molar-refractivity contribution in [3.63, 3.8) is 0 Å². The lowest BCUT2D eigenvalue weighted by Crippen LogP contribution is -2.42. The summed E-state index contributed by atoms with van der Waals surface area (Å²) in [4.78, 5) is 18.4. The van der Waals surface area contributed by atoms with E-state index in [0.29, 0.717) is 31.4 Å². The number of thiazole rings is 1. The van der Waals surface area contributed by atoms with Gasteiger partial charge in [-0.1, -0.05) is 12.1 Å². The second kappa shape index (κ2) is 7.16. The molecule has 0 aliphatic carbocycles. The minimum absolute atomic E-state index is 0.0842. The van der Waals surface area contributed by atoms with Crippen molar-refractivity contribution in [2.75, 3.05) is 31.6 Å². The van der Waals surface area contributed by atoms with Crippen LogP contribution in [0, 0.1) is 12.7 Å². The van der Waals surface area contributed by atoms with E-state index in [4.69, 9.17) is 4.74 Å². The van der Waals surface area contributed by atoms with Gasteiger partial charge in [0.1, 0.15) is 5.82 Å². The van der Waals surface area contributed by atoms with Gasteiger partial charge in [-0.05, 0) is 24.6 Å². The number of carbonyl (C=O) groups excluding carboxylic acids is 1. The summed E-state index contributed by atoms with van der Waals surface area (Å²) in [6, 6.07) is 6.30. The first-order valence-corrected chi connectivity index (χ1v) is 8.29. The zero-order valence-corrected chi connectivity index (χ0v) is 13.6. The molecule has 0 unspecified atom stereocenters. The fourth-order valence-electron chi connectivity index (χ4n) is 2.50. The van der Waals surface area contributed by atoms with E-state index in [1.807, 2.05) is 17.2 Å². The standard InChI is InChI=1S/C16H18FN3O2S/c1-11-10-23-16(18-11)19-15(21)9-20-6-7-22-14(8-20)12-2-4-13(17)5-3-12/h2-5,10,14H,6-9H2,1H3,(H,18,19,21)/t14-/m0/s1. The Balaban J connectivity index is 1.55. The monoisotopic (exact) mass is 335 g/mol. The van der Waals surface area contributed by atoms with Crippen LogP contribution in [0.2, 0.25) is 0 Å². The Morgan fingerprint density at radius 2 is 2.26 bits per heavy atom. The molecular weight excluding hydrogens is 317 g/mol. The molecule has 1 atom stereocenters. The van der Waals surface area contributed by atoms with Crippen LogP contribution in [0.15, 0.2) is 29.6 Å². The van der Waals surface area contributed by atoms with Gasteiger partial charge >= 0.3 is 0 Å². The lowest BCUT2D eigenvalue weighted by molar-refractivity contribution is -0.119. The van der Waals surface area contributed by atoms with E-state index in [9.17, 15) is 9.18 Å². The van der Waals surface area contributed by atoms with Gasteiger partial charge in [-0.3, -0.25) is 9.69 Å². The van der Waals surface area contributed by atoms with Crippen LogP contribution in [0.1, 0.15) is 17.4 Å². The molecule has 5 nitrogen and oxygen atoms in total. The Morgan fingerprint density at radius 3 is 2.96 bits per heavy atom. The molecule has 0 spiro atoms. The molecule has 1 amide bonds. The number of hydrogen-bond acceptors (Lipinski definition) is 5. The van der Waals surface area contributed by atoms with Gasteiger partial charge in [-0.2, -0.15) is 0 Å². The zero-order valence-electron chi connectivity index (χ0n) is 12.8. The number of halogens is 1. The number of rotatable bonds is 4. The van der Waals surface area contributed by atoms with Gasteiger partial charge in [0.05, 0.1) is 24.9 Å². The highest BCUT2D eigenvalue weighted by atomic mass is 32.1. The highest BCUT2D eigenvalue weighted by Gasteiger charge is 2.23. The number of aromatic nitrogens is 1. The fourth-order valence-corrected chi connectivity index (χ4v) is 3.20. The first-order chi connectivity index (χ1) is 11.1. The maximum absolute atomic E-state index is 13.0. The van der Waals surface area contributed by atoms with Crippen LogP contribution in [0.4, 0.5) is 9.52 Å². The summed E-state index contributed by atoms with van der Waals surface area (Å²) in [5.74, 6) is -0.348. The molecule has 2 heterocycles. The normalized spacial score (nSPS) is 18.8. The SMILES string of the molecule is Cc1csc(NC(=O)CN2CCO[C@H](c3ccc(F)cc3)C2)n1. The lowest BCUT2D eigenvalue weighted by atomic mass is 10.1. The van der Waals surface area contributed by atoms with Gasteiger partial charge in [-0.25, -0.2) is 9.37 Å². The predicted octanol–water partition coefficient (Wildman–Crippen LogP) is 2.60. The molecule has 23 heavy (non-hydrogen) atoms.